The molecule has 0 spiro atoms. The van der Waals surface area contributed by atoms with E-state index in [1.165, 1.54) is 0 Å². The Labute approximate surface area is 235 Å². The van der Waals surface area contributed by atoms with E-state index < -0.39 is 36.3 Å². The maximum absolute atomic E-state index is 12.6. The molecule has 6 rings (SSSR count). The molecule has 208 valence electrons. The summed E-state index contributed by atoms with van der Waals surface area (Å²) in [7, 11) is 0. The number of nitrogens with zero attached hydrogens (tertiary/aromatic N) is 4. The van der Waals surface area contributed by atoms with E-state index in [1.54, 1.807) is 35.1 Å². The Hall–Kier alpha value is -3.61. The Kier molecular flexibility index (Phi) is 7.15. The Balaban J connectivity index is 1.28. The van der Waals surface area contributed by atoms with Crippen molar-refractivity contribution in [1.82, 2.24) is 19.7 Å². The number of carbonyl (C=O) groups is 1. The maximum Gasteiger partial charge on any atom is 0.338 e. The molecule has 2 N–H and O–H groups in total. The molecule has 0 aliphatic carbocycles. The highest BCUT2D eigenvalue weighted by molar-refractivity contribution is 6.31. The van der Waals surface area contributed by atoms with Gasteiger partial charge in [-0.25, -0.2) is 19.4 Å². The van der Waals surface area contributed by atoms with E-state index >= 15 is 0 Å². The third-order valence-electron chi connectivity index (χ3n) is 6.80. The van der Waals surface area contributed by atoms with Crippen molar-refractivity contribution in [2.24, 2.45) is 0 Å². The summed E-state index contributed by atoms with van der Waals surface area (Å²) in [6, 6.07) is 16.3. The third kappa shape index (κ3) is 5.14. The average molecular weight is 566 g/mol. The number of hydrogen-bond acceptors (Lipinski definition) is 10. The number of esters is 1. The van der Waals surface area contributed by atoms with Crippen LogP contribution in [0.15, 0.2) is 60.8 Å². The SMILES string of the molecule is CC1(C)O[C@@H]2[C@H](O1)[C@@H](COC(=O)c1ccccc1)O[C@H]2n1ncc2c(NCc3ccccc3Cl)nc(CO)nc21. The fraction of sp³-hybridized carbons (Fsp3) is 0.357. The number of nitrogens with one attached hydrogen (secondary N) is 1. The van der Waals surface area contributed by atoms with Gasteiger partial charge in [-0.2, -0.15) is 5.10 Å². The molecule has 0 unspecified atom stereocenters. The number of fused-ring (bicyclic) bond motifs is 2. The monoisotopic (exact) mass is 565 g/mol. The predicted molar refractivity (Wildman–Crippen MR) is 144 cm³/mol. The van der Waals surface area contributed by atoms with Gasteiger partial charge in [0, 0.05) is 11.6 Å². The highest BCUT2D eigenvalue weighted by atomic mass is 35.5. The zero-order valence-electron chi connectivity index (χ0n) is 21.9. The van der Waals surface area contributed by atoms with E-state index in [-0.39, 0.29) is 19.0 Å². The molecule has 4 heterocycles. The van der Waals surface area contributed by atoms with E-state index in [9.17, 15) is 9.90 Å². The number of aliphatic hydroxyl groups excluding tert-OH is 1. The number of halogens is 1. The molecule has 2 saturated heterocycles. The number of rotatable bonds is 8. The van der Waals surface area contributed by atoms with Crippen molar-refractivity contribution < 1.29 is 28.8 Å². The van der Waals surface area contributed by atoms with Crippen LogP contribution in [-0.4, -0.2) is 61.5 Å². The summed E-state index contributed by atoms with van der Waals surface area (Å²) >= 11 is 6.32. The molecule has 4 atom stereocenters. The fourth-order valence-electron chi connectivity index (χ4n) is 4.99. The molecular weight excluding hydrogens is 538 g/mol. The van der Waals surface area contributed by atoms with Gasteiger partial charge in [0.05, 0.1) is 17.1 Å². The molecule has 12 heteroatoms. The lowest BCUT2D eigenvalue weighted by atomic mass is 10.1. The van der Waals surface area contributed by atoms with Gasteiger partial charge in [0.15, 0.2) is 23.5 Å². The van der Waals surface area contributed by atoms with Gasteiger partial charge in [0.25, 0.3) is 0 Å². The van der Waals surface area contributed by atoms with Crippen LogP contribution in [0.4, 0.5) is 5.82 Å². The quantitative estimate of drug-likeness (QED) is 0.304. The minimum atomic E-state index is -0.880. The van der Waals surface area contributed by atoms with Gasteiger partial charge in [-0.05, 0) is 37.6 Å². The number of anilines is 1. The minimum Gasteiger partial charge on any atom is -0.459 e. The van der Waals surface area contributed by atoms with Gasteiger partial charge in [-0.1, -0.05) is 48.0 Å². The normalized spacial score (nSPS) is 23.3. The van der Waals surface area contributed by atoms with Crippen LogP contribution in [0, 0.1) is 0 Å². The molecule has 0 radical (unpaired) electrons. The van der Waals surface area contributed by atoms with Crippen molar-refractivity contribution in [1.29, 1.82) is 0 Å². The summed E-state index contributed by atoms with van der Waals surface area (Å²) in [4.78, 5) is 21.6. The predicted octanol–water partition coefficient (Wildman–Crippen LogP) is 3.86. The second-order valence-electron chi connectivity index (χ2n) is 10.0. The number of aromatic nitrogens is 4. The summed E-state index contributed by atoms with van der Waals surface area (Å²) in [6.45, 7) is 3.64. The molecule has 0 amide bonds. The average Bonchev–Trinajstić information content (AvgIpc) is 3.62. The molecule has 4 aromatic rings. The lowest BCUT2D eigenvalue weighted by Gasteiger charge is -2.24. The van der Waals surface area contributed by atoms with Crippen molar-refractivity contribution in [3.8, 4) is 0 Å². The molecule has 11 nitrogen and oxygen atoms in total. The van der Waals surface area contributed by atoms with E-state index in [0.717, 1.165) is 5.56 Å². The topological polar surface area (TPSA) is 130 Å². The van der Waals surface area contributed by atoms with E-state index in [4.69, 9.17) is 30.5 Å². The van der Waals surface area contributed by atoms with Crippen LogP contribution in [-0.2, 0) is 32.1 Å². The molecule has 40 heavy (non-hydrogen) atoms. The van der Waals surface area contributed by atoms with E-state index in [2.05, 4.69) is 20.4 Å². The Bertz CT molecular complexity index is 1530. The highest BCUT2D eigenvalue weighted by Crippen LogP contribution is 2.44. The van der Waals surface area contributed by atoms with Gasteiger partial charge in [0.1, 0.15) is 37.3 Å². The van der Waals surface area contributed by atoms with Crippen LogP contribution < -0.4 is 5.32 Å². The summed E-state index contributed by atoms with van der Waals surface area (Å²) in [5.41, 5.74) is 1.78. The molecule has 2 aliphatic rings. The number of ether oxygens (including phenoxy) is 4. The first-order chi connectivity index (χ1) is 19.3. The fourth-order valence-corrected chi connectivity index (χ4v) is 5.19. The summed E-state index contributed by atoms with van der Waals surface area (Å²) in [6.07, 6.45) is -0.776. The molecular formula is C28H28ClN5O6. The molecule has 0 saturated carbocycles. The minimum absolute atomic E-state index is 0.0362. The lowest BCUT2D eigenvalue weighted by molar-refractivity contribution is -0.201. The molecule has 2 aromatic carbocycles. The first-order valence-corrected chi connectivity index (χ1v) is 13.3. The highest BCUT2D eigenvalue weighted by Gasteiger charge is 2.56. The largest absolute Gasteiger partial charge is 0.459 e. The maximum atomic E-state index is 12.6. The van der Waals surface area contributed by atoms with Gasteiger partial charge in [0.2, 0.25) is 0 Å². The van der Waals surface area contributed by atoms with Gasteiger partial charge in [-0.15, -0.1) is 0 Å². The van der Waals surface area contributed by atoms with Gasteiger partial charge in [-0.3, -0.25) is 0 Å². The van der Waals surface area contributed by atoms with Gasteiger partial charge >= 0.3 is 5.97 Å². The first kappa shape index (κ1) is 26.6. The van der Waals surface area contributed by atoms with Crippen molar-refractivity contribution in [2.45, 2.75) is 57.3 Å². The van der Waals surface area contributed by atoms with Crippen molar-refractivity contribution >= 4 is 34.4 Å². The van der Waals surface area contributed by atoms with Crippen LogP contribution in [0.2, 0.25) is 5.02 Å². The van der Waals surface area contributed by atoms with Crippen LogP contribution >= 0.6 is 11.6 Å². The van der Waals surface area contributed by atoms with Gasteiger partial charge < -0.3 is 29.4 Å². The number of hydrogen-bond donors (Lipinski definition) is 2. The summed E-state index contributed by atoms with van der Waals surface area (Å²) < 4.78 is 25.9. The van der Waals surface area contributed by atoms with Crippen molar-refractivity contribution in [3.05, 3.63) is 82.8 Å². The van der Waals surface area contributed by atoms with E-state index in [1.807, 2.05) is 44.2 Å². The standard InChI is InChI=1S/C28H28ClN5O6/c1-28(2)39-22-20(15-37-27(36)16-8-4-3-5-9-16)38-26(23(22)40-28)34-25-18(13-31-34)24(32-21(14-35)33-25)30-12-17-10-6-7-11-19(17)29/h3-11,13,20,22-23,26,35H,12,14-15H2,1-2H3,(H,30,32,33)/t20-,22-,23-,26-/m1/s1. The van der Waals surface area contributed by atoms with E-state index in [0.29, 0.717) is 34.0 Å². The second-order valence-corrected chi connectivity index (χ2v) is 10.4. The Morgan fingerprint density at radius 1 is 1.10 bits per heavy atom. The van der Waals surface area contributed by atoms with Crippen LogP contribution in [0.1, 0.15) is 41.8 Å². The zero-order chi connectivity index (χ0) is 27.9. The molecule has 2 aliphatic heterocycles. The molecule has 2 fully saturated rings. The van der Waals surface area contributed by atoms with Crippen LogP contribution in [0.3, 0.4) is 0 Å². The zero-order valence-corrected chi connectivity index (χ0v) is 22.6. The Morgan fingerprint density at radius 2 is 1.85 bits per heavy atom. The van der Waals surface area contributed by atoms with Crippen molar-refractivity contribution in [3.63, 3.8) is 0 Å². The lowest BCUT2D eigenvalue weighted by Crippen LogP contribution is -2.33. The first-order valence-electron chi connectivity index (χ1n) is 12.9. The second kappa shape index (κ2) is 10.8. The number of aliphatic hydroxyl groups is 1. The smallest absolute Gasteiger partial charge is 0.338 e. The number of benzene rings is 2. The van der Waals surface area contributed by atoms with Crippen LogP contribution in [0.5, 0.6) is 0 Å². The van der Waals surface area contributed by atoms with Crippen molar-refractivity contribution in [2.75, 3.05) is 11.9 Å². The summed E-state index contributed by atoms with van der Waals surface area (Å²) in [5, 5.41) is 19.0. The van der Waals surface area contributed by atoms with Crippen LogP contribution in [0.25, 0.3) is 11.0 Å². The molecule has 2 aromatic heterocycles. The summed E-state index contributed by atoms with van der Waals surface area (Å²) in [5.74, 6) is -0.634. The number of carbonyl (C=O) groups excluding carboxylic acids is 1. The molecule has 0 bridgehead atoms. The third-order valence-corrected chi connectivity index (χ3v) is 7.17. The Morgan fingerprint density at radius 3 is 2.62 bits per heavy atom.